The van der Waals surface area contributed by atoms with Crippen LogP contribution < -0.4 is 21.5 Å². The van der Waals surface area contributed by atoms with E-state index >= 15 is 0 Å². The van der Waals surface area contributed by atoms with E-state index in [1.54, 1.807) is 38.4 Å². The number of benzene rings is 1. The fourth-order valence-electron chi connectivity index (χ4n) is 3.80. The van der Waals surface area contributed by atoms with Crippen molar-refractivity contribution in [2.24, 2.45) is 5.41 Å². The first-order valence-electron chi connectivity index (χ1n) is 10.1. The Kier molecular flexibility index (Phi) is 5.55. The zero-order chi connectivity index (χ0) is 22.2. The number of rotatable bonds is 5. The Morgan fingerprint density at radius 2 is 2.16 bits per heavy atom. The van der Waals surface area contributed by atoms with E-state index in [9.17, 15) is 19.1 Å². The maximum absolute atomic E-state index is 14.0. The number of carbonyl (C=O) groups excluding carboxylic acids is 2. The van der Waals surface area contributed by atoms with Crippen LogP contribution in [0.25, 0.3) is 5.57 Å². The molecule has 8 nitrogen and oxygen atoms in total. The number of aliphatic hydroxyl groups excluding tert-OH is 1. The normalized spacial score (nSPS) is 24.4. The molecule has 5 N–H and O–H groups in total. The predicted molar refractivity (Wildman–Crippen MR) is 113 cm³/mol. The highest BCUT2D eigenvalue weighted by molar-refractivity contribution is 5.88. The molecule has 0 bridgehead atoms. The molecule has 0 aromatic heterocycles. The first-order valence-corrected chi connectivity index (χ1v) is 10.1. The van der Waals surface area contributed by atoms with Gasteiger partial charge in [-0.2, -0.15) is 0 Å². The molecular formula is C22H26FN5O3. The SMILES string of the molecule is CC1(C)C(=O)N(C2=CC(C(=O)NCc3cc(F)cc(C4=CNNC4)c3)NC=C2)CC1O. The molecule has 4 rings (SSSR count). The minimum Gasteiger partial charge on any atom is -0.390 e. The van der Waals surface area contributed by atoms with Crippen molar-refractivity contribution >= 4 is 17.4 Å². The maximum Gasteiger partial charge on any atom is 0.246 e. The molecule has 0 radical (unpaired) electrons. The molecule has 2 amide bonds. The number of allylic oxidation sites excluding steroid dienone is 1. The number of aliphatic hydroxyl groups is 1. The standard InChI is InChI=1S/C22H26FN5O3/c1-22(2)19(29)12-28(21(22)31)17-3-4-24-18(8-17)20(30)25-9-13-5-14(7-16(23)6-13)15-10-26-27-11-15/h3-8,10,18-19,24,26-27,29H,9,11-12H2,1-2H3,(H,25,30). The molecular weight excluding hydrogens is 401 g/mol. The van der Waals surface area contributed by atoms with Crippen molar-refractivity contribution in [3.05, 3.63) is 65.4 Å². The van der Waals surface area contributed by atoms with Gasteiger partial charge in [-0.3, -0.25) is 9.59 Å². The van der Waals surface area contributed by atoms with Gasteiger partial charge in [0.2, 0.25) is 11.8 Å². The average Bonchev–Trinajstić information content (AvgIpc) is 3.35. The van der Waals surface area contributed by atoms with Gasteiger partial charge in [-0.15, -0.1) is 0 Å². The van der Waals surface area contributed by atoms with Crippen molar-refractivity contribution in [3.63, 3.8) is 0 Å². The summed E-state index contributed by atoms with van der Waals surface area (Å²) in [4.78, 5) is 26.8. The van der Waals surface area contributed by atoms with E-state index in [2.05, 4.69) is 21.5 Å². The monoisotopic (exact) mass is 427 g/mol. The molecule has 1 fully saturated rings. The van der Waals surface area contributed by atoms with E-state index in [0.29, 0.717) is 17.8 Å². The van der Waals surface area contributed by atoms with E-state index in [4.69, 9.17) is 0 Å². The number of hydrogen-bond donors (Lipinski definition) is 5. The van der Waals surface area contributed by atoms with Crippen molar-refractivity contribution in [2.45, 2.75) is 32.5 Å². The first-order chi connectivity index (χ1) is 14.8. The van der Waals surface area contributed by atoms with Crippen LogP contribution in [0.3, 0.4) is 0 Å². The van der Waals surface area contributed by atoms with Gasteiger partial charge in [0.1, 0.15) is 11.9 Å². The van der Waals surface area contributed by atoms with Gasteiger partial charge >= 0.3 is 0 Å². The molecule has 3 aliphatic heterocycles. The highest BCUT2D eigenvalue weighted by Crippen LogP contribution is 2.34. The van der Waals surface area contributed by atoms with Crippen LogP contribution in [0.5, 0.6) is 0 Å². The number of hydrogen-bond acceptors (Lipinski definition) is 6. The van der Waals surface area contributed by atoms with Crippen molar-refractivity contribution in [1.29, 1.82) is 0 Å². The number of hydrazine groups is 1. The predicted octanol–water partition coefficient (Wildman–Crippen LogP) is 0.489. The highest BCUT2D eigenvalue weighted by atomic mass is 19.1. The Labute approximate surface area is 179 Å². The van der Waals surface area contributed by atoms with Crippen LogP contribution in [0, 0.1) is 11.2 Å². The molecule has 1 saturated heterocycles. The molecule has 164 valence electrons. The van der Waals surface area contributed by atoms with Crippen LogP contribution >= 0.6 is 0 Å². The lowest BCUT2D eigenvalue weighted by atomic mass is 9.89. The van der Waals surface area contributed by atoms with Crippen LogP contribution in [0.15, 0.2) is 48.4 Å². The summed E-state index contributed by atoms with van der Waals surface area (Å²) in [6.45, 7) is 4.34. The number of halogens is 1. The average molecular weight is 427 g/mol. The van der Waals surface area contributed by atoms with Crippen LogP contribution in [0.2, 0.25) is 0 Å². The minimum atomic E-state index is -0.869. The number of nitrogens with one attached hydrogen (secondary N) is 4. The van der Waals surface area contributed by atoms with Crippen LogP contribution in [-0.4, -0.2) is 47.1 Å². The molecule has 0 spiro atoms. The largest absolute Gasteiger partial charge is 0.390 e. The lowest BCUT2D eigenvalue weighted by Gasteiger charge is -2.25. The Bertz CT molecular complexity index is 1000. The van der Waals surface area contributed by atoms with Crippen LogP contribution in [0.4, 0.5) is 4.39 Å². The number of carbonyl (C=O) groups is 2. The second-order valence-corrected chi connectivity index (χ2v) is 8.46. The van der Waals surface area contributed by atoms with Gasteiger partial charge in [-0.05, 0) is 67.1 Å². The Morgan fingerprint density at radius 1 is 1.35 bits per heavy atom. The molecule has 9 heteroatoms. The summed E-state index contributed by atoms with van der Waals surface area (Å²) < 4.78 is 14.0. The van der Waals surface area contributed by atoms with Gasteiger partial charge in [-0.1, -0.05) is 0 Å². The van der Waals surface area contributed by atoms with Gasteiger partial charge in [0.15, 0.2) is 0 Å². The first kappa shape index (κ1) is 21.1. The lowest BCUT2D eigenvalue weighted by Crippen LogP contribution is -2.43. The van der Waals surface area contributed by atoms with Crippen molar-refractivity contribution in [2.75, 3.05) is 13.1 Å². The summed E-state index contributed by atoms with van der Waals surface area (Å²) in [5, 5.41) is 16.0. The second kappa shape index (κ2) is 8.16. The third-order valence-corrected chi connectivity index (χ3v) is 5.87. The Balaban J connectivity index is 1.43. The number of likely N-dealkylation sites (tertiary alicyclic amines) is 1. The molecule has 0 aliphatic carbocycles. The number of amides is 2. The molecule has 1 aromatic carbocycles. The Morgan fingerprint density at radius 3 is 2.84 bits per heavy atom. The highest BCUT2D eigenvalue weighted by Gasteiger charge is 2.47. The smallest absolute Gasteiger partial charge is 0.246 e. The van der Waals surface area contributed by atoms with Gasteiger partial charge in [0.05, 0.1) is 18.1 Å². The summed E-state index contributed by atoms with van der Waals surface area (Å²) in [5.41, 5.74) is 7.83. The topological polar surface area (TPSA) is 106 Å². The molecule has 1 aromatic rings. The van der Waals surface area contributed by atoms with Gasteiger partial charge in [0.25, 0.3) is 0 Å². The van der Waals surface area contributed by atoms with E-state index in [-0.39, 0.29) is 30.7 Å². The molecule has 2 unspecified atom stereocenters. The van der Waals surface area contributed by atoms with Gasteiger partial charge < -0.3 is 26.1 Å². The molecule has 3 heterocycles. The number of nitrogens with zero attached hydrogens (tertiary/aromatic N) is 1. The fraction of sp³-hybridized carbons (Fsp3) is 0.364. The molecule has 31 heavy (non-hydrogen) atoms. The van der Waals surface area contributed by atoms with Crippen molar-refractivity contribution < 1.29 is 19.1 Å². The number of β-amino-alcohol motifs (C(OH)–C–C–N with tert-alkyl or cyclic N) is 1. The zero-order valence-corrected chi connectivity index (χ0v) is 17.4. The summed E-state index contributed by atoms with van der Waals surface area (Å²) >= 11 is 0. The zero-order valence-electron chi connectivity index (χ0n) is 17.4. The summed E-state index contributed by atoms with van der Waals surface area (Å²) in [5.74, 6) is -0.860. The van der Waals surface area contributed by atoms with E-state index in [0.717, 1.165) is 11.1 Å². The third-order valence-electron chi connectivity index (χ3n) is 5.87. The Hall–Kier alpha value is -3.17. The van der Waals surface area contributed by atoms with E-state index < -0.39 is 17.6 Å². The van der Waals surface area contributed by atoms with Crippen molar-refractivity contribution in [1.82, 2.24) is 26.4 Å². The van der Waals surface area contributed by atoms with Crippen molar-refractivity contribution in [3.8, 4) is 0 Å². The summed E-state index contributed by atoms with van der Waals surface area (Å²) in [6.07, 6.45) is 5.96. The van der Waals surface area contributed by atoms with E-state index in [1.807, 2.05) is 6.07 Å². The van der Waals surface area contributed by atoms with Gasteiger partial charge in [0, 0.05) is 25.0 Å². The summed E-state index contributed by atoms with van der Waals surface area (Å²) in [7, 11) is 0. The minimum absolute atomic E-state index is 0.164. The summed E-state index contributed by atoms with van der Waals surface area (Å²) in [6, 6.07) is 4.00. The van der Waals surface area contributed by atoms with Crippen LogP contribution in [-0.2, 0) is 16.1 Å². The van der Waals surface area contributed by atoms with E-state index in [1.165, 1.54) is 17.0 Å². The van der Waals surface area contributed by atoms with Crippen LogP contribution in [0.1, 0.15) is 25.0 Å². The third kappa shape index (κ3) is 4.19. The van der Waals surface area contributed by atoms with Gasteiger partial charge in [-0.25, -0.2) is 9.82 Å². The lowest BCUT2D eigenvalue weighted by molar-refractivity contribution is -0.134. The number of dihydropyridines is 1. The molecule has 0 saturated carbocycles. The molecule has 3 aliphatic rings. The second-order valence-electron chi connectivity index (χ2n) is 8.46. The maximum atomic E-state index is 14.0. The quantitative estimate of drug-likeness (QED) is 0.469. The fourth-order valence-corrected chi connectivity index (χ4v) is 3.80. The molecule has 2 atom stereocenters.